The highest BCUT2D eigenvalue weighted by atomic mass is 79.9. The van der Waals surface area contributed by atoms with Gasteiger partial charge < -0.3 is 9.47 Å². The highest BCUT2D eigenvalue weighted by Crippen LogP contribution is 2.22. The van der Waals surface area contributed by atoms with Gasteiger partial charge in [0.05, 0.1) is 17.7 Å². The minimum Gasteiger partial charge on any atom is -0.380 e. The molecule has 0 fully saturated rings. The first-order valence-electron chi connectivity index (χ1n) is 7.10. The molecule has 0 spiro atoms. The summed E-state index contributed by atoms with van der Waals surface area (Å²) < 4.78 is 38.7. The van der Waals surface area contributed by atoms with Crippen molar-refractivity contribution in [2.45, 2.75) is 20.4 Å². The molecule has 1 aromatic carbocycles. The molecule has 0 heterocycles. The summed E-state index contributed by atoms with van der Waals surface area (Å²) >= 11 is 3.09. The van der Waals surface area contributed by atoms with Crippen LogP contribution in [0, 0.1) is 11.6 Å². The zero-order valence-corrected chi connectivity index (χ0v) is 14.1. The molecule has 0 atom stereocenters. The maximum absolute atomic E-state index is 14.0. The average Bonchev–Trinajstić information content (AvgIpc) is 2.47. The second-order valence-electron chi connectivity index (χ2n) is 4.49. The minimum absolute atomic E-state index is 0.0670. The van der Waals surface area contributed by atoms with E-state index >= 15 is 0 Å². The van der Waals surface area contributed by atoms with Crippen molar-refractivity contribution in [1.82, 2.24) is 4.90 Å². The van der Waals surface area contributed by atoms with E-state index in [0.29, 0.717) is 39.5 Å². The number of halogens is 3. The summed E-state index contributed by atoms with van der Waals surface area (Å²) in [6.07, 6.45) is 0. The van der Waals surface area contributed by atoms with Crippen molar-refractivity contribution in [3.05, 3.63) is 33.8 Å². The van der Waals surface area contributed by atoms with Crippen molar-refractivity contribution >= 4 is 15.9 Å². The quantitative estimate of drug-likeness (QED) is 0.467. The summed E-state index contributed by atoms with van der Waals surface area (Å²) in [6.45, 7) is 7.53. The smallest absolute Gasteiger partial charge is 0.144 e. The van der Waals surface area contributed by atoms with E-state index in [1.165, 1.54) is 12.1 Å². The molecule has 0 amide bonds. The Morgan fingerprint density at radius 3 is 2.14 bits per heavy atom. The fourth-order valence-electron chi connectivity index (χ4n) is 1.88. The molecule has 1 rings (SSSR count). The van der Waals surface area contributed by atoms with Crippen molar-refractivity contribution in [2.75, 3.05) is 39.5 Å². The molecule has 0 aliphatic carbocycles. The molecular formula is C15H22BrF2NO2. The zero-order chi connectivity index (χ0) is 15.7. The van der Waals surface area contributed by atoms with Gasteiger partial charge in [0.15, 0.2) is 0 Å². The molecule has 6 heteroatoms. The van der Waals surface area contributed by atoms with E-state index in [1.807, 2.05) is 18.7 Å². The highest BCUT2D eigenvalue weighted by molar-refractivity contribution is 9.10. The maximum Gasteiger partial charge on any atom is 0.144 e. The molecule has 0 bridgehead atoms. The Morgan fingerprint density at radius 2 is 1.62 bits per heavy atom. The number of hydrogen-bond acceptors (Lipinski definition) is 3. The lowest BCUT2D eigenvalue weighted by Crippen LogP contribution is -2.31. The van der Waals surface area contributed by atoms with Gasteiger partial charge in [0.25, 0.3) is 0 Å². The van der Waals surface area contributed by atoms with Crippen molar-refractivity contribution in [1.29, 1.82) is 0 Å². The van der Waals surface area contributed by atoms with E-state index in [1.54, 1.807) is 0 Å². The summed E-state index contributed by atoms with van der Waals surface area (Å²) in [4.78, 5) is 1.93. The summed E-state index contributed by atoms with van der Waals surface area (Å²) in [6, 6.07) is 2.64. The van der Waals surface area contributed by atoms with E-state index in [-0.39, 0.29) is 16.6 Å². The number of benzene rings is 1. The Balaban J connectivity index is 2.72. The predicted molar refractivity (Wildman–Crippen MR) is 82.3 cm³/mol. The maximum atomic E-state index is 14.0. The molecular weight excluding hydrogens is 344 g/mol. The van der Waals surface area contributed by atoms with Gasteiger partial charge >= 0.3 is 0 Å². The van der Waals surface area contributed by atoms with E-state index in [9.17, 15) is 8.78 Å². The first kappa shape index (κ1) is 18.5. The Labute approximate surface area is 133 Å². The third kappa shape index (κ3) is 6.38. The Hall–Kier alpha value is -0.560. The first-order valence-corrected chi connectivity index (χ1v) is 7.89. The highest BCUT2D eigenvalue weighted by Gasteiger charge is 2.16. The van der Waals surface area contributed by atoms with Gasteiger partial charge in [-0.25, -0.2) is 8.78 Å². The van der Waals surface area contributed by atoms with Crippen molar-refractivity contribution in [3.63, 3.8) is 0 Å². The second kappa shape index (κ2) is 10.2. The van der Waals surface area contributed by atoms with Crippen LogP contribution in [-0.2, 0) is 16.0 Å². The van der Waals surface area contributed by atoms with Gasteiger partial charge in [-0.3, -0.25) is 4.90 Å². The summed E-state index contributed by atoms with van der Waals surface area (Å²) in [5.74, 6) is -1.08. The molecule has 0 radical (unpaired) electrons. The molecule has 0 saturated carbocycles. The fourth-order valence-corrected chi connectivity index (χ4v) is 2.25. The third-order valence-electron chi connectivity index (χ3n) is 3.03. The second-order valence-corrected chi connectivity index (χ2v) is 5.35. The average molecular weight is 366 g/mol. The van der Waals surface area contributed by atoms with Crippen LogP contribution in [0.3, 0.4) is 0 Å². The van der Waals surface area contributed by atoms with Crippen molar-refractivity contribution in [3.8, 4) is 0 Å². The molecule has 0 aliphatic rings. The fraction of sp³-hybridized carbons (Fsp3) is 0.600. The Morgan fingerprint density at radius 1 is 1.05 bits per heavy atom. The number of nitrogens with zero attached hydrogens (tertiary/aromatic N) is 1. The lowest BCUT2D eigenvalue weighted by Gasteiger charge is -2.23. The predicted octanol–water partition coefficient (Wildman–Crippen LogP) is 3.60. The standard InChI is InChI=1S/C15H22BrF2NO2/c1-3-20-9-7-19(8-10-21-4-2)11-12-14(17)6-5-13(16)15(12)18/h5-6H,3-4,7-11H2,1-2H3. The Kier molecular flexibility index (Phi) is 8.99. The molecule has 0 N–H and O–H groups in total. The van der Waals surface area contributed by atoms with Gasteiger partial charge in [0, 0.05) is 38.4 Å². The summed E-state index contributed by atoms with van der Waals surface area (Å²) in [7, 11) is 0. The third-order valence-corrected chi connectivity index (χ3v) is 3.65. The van der Waals surface area contributed by atoms with Gasteiger partial charge in [-0.15, -0.1) is 0 Å². The summed E-state index contributed by atoms with van der Waals surface area (Å²) in [5.41, 5.74) is 0.0670. The van der Waals surface area contributed by atoms with Crippen LogP contribution in [0.25, 0.3) is 0 Å². The largest absolute Gasteiger partial charge is 0.380 e. The van der Waals surface area contributed by atoms with E-state index in [2.05, 4.69) is 15.9 Å². The first-order chi connectivity index (χ1) is 10.1. The van der Waals surface area contributed by atoms with Crippen molar-refractivity contribution in [2.24, 2.45) is 0 Å². The monoisotopic (exact) mass is 365 g/mol. The molecule has 1 aromatic rings. The lowest BCUT2D eigenvalue weighted by atomic mass is 10.2. The van der Waals surface area contributed by atoms with Gasteiger partial charge in [-0.05, 0) is 41.9 Å². The van der Waals surface area contributed by atoms with Crippen LogP contribution in [0.15, 0.2) is 16.6 Å². The summed E-state index contributed by atoms with van der Waals surface area (Å²) in [5, 5.41) is 0. The number of ether oxygens (including phenoxy) is 2. The van der Waals surface area contributed by atoms with Crippen LogP contribution in [0.2, 0.25) is 0 Å². The van der Waals surface area contributed by atoms with Gasteiger partial charge in [0.2, 0.25) is 0 Å². The number of hydrogen-bond donors (Lipinski definition) is 0. The van der Waals surface area contributed by atoms with Gasteiger partial charge in [-0.1, -0.05) is 0 Å². The van der Waals surface area contributed by atoms with Crippen LogP contribution >= 0.6 is 15.9 Å². The van der Waals surface area contributed by atoms with E-state index < -0.39 is 11.6 Å². The van der Waals surface area contributed by atoms with Crippen LogP contribution in [0.5, 0.6) is 0 Å². The SMILES string of the molecule is CCOCCN(CCOCC)Cc1c(F)ccc(Br)c1F. The molecule has 0 unspecified atom stereocenters. The number of rotatable bonds is 10. The topological polar surface area (TPSA) is 21.7 Å². The van der Waals surface area contributed by atoms with Gasteiger partial charge in [0.1, 0.15) is 11.6 Å². The molecule has 0 aromatic heterocycles. The van der Waals surface area contributed by atoms with E-state index in [4.69, 9.17) is 9.47 Å². The van der Waals surface area contributed by atoms with E-state index in [0.717, 1.165) is 0 Å². The Bertz CT molecular complexity index is 422. The lowest BCUT2D eigenvalue weighted by molar-refractivity contribution is 0.0787. The molecule has 3 nitrogen and oxygen atoms in total. The van der Waals surface area contributed by atoms with Crippen LogP contribution in [-0.4, -0.2) is 44.4 Å². The normalized spacial score (nSPS) is 11.3. The van der Waals surface area contributed by atoms with Crippen molar-refractivity contribution < 1.29 is 18.3 Å². The van der Waals surface area contributed by atoms with Crippen LogP contribution < -0.4 is 0 Å². The van der Waals surface area contributed by atoms with Gasteiger partial charge in [-0.2, -0.15) is 0 Å². The van der Waals surface area contributed by atoms with Crippen LogP contribution in [0.1, 0.15) is 19.4 Å². The molecule has 21 heavy (non-hydrogen) atoms. The minimum atomic E-state index is -0.548. The zero-order valence-electron chi connectivity index (χ0n) is 12.5. The molecule has 0 saturated heterocycles. The van der Waals surface area contributed by atoms with Crippen LogP contribution in [0.4, 0.5) is 8.78 Å². The molecule has 120 valence electrons. The molecule has 0 aliphatic heterocycles.